The maximum absolute atomic E-state index is 10.5. The van der Waals surface area contributed by atoms with Gasteiger partial charge in [-0.2, -0.15) is 0 Å². The molecule has 0 saturated heterocycles. The highest BCUT2D eigenvalue weighted by atomic mass is 32.2. The van der Waals surface area contributed by atoms with Crippen molar-refractivity contribution in [3.8, 4) is 0 Å². The number of hydrogen-bond donors (Lipinski definition) is 0. The first-order valence-corrected chi connectivity index (χ1v) is 4.01. The van der Waals surface area contributed by atoms with E-state index in [0.717, 1.165) is 6.08 Å². The van der Waals surface area contributed by atoms with E-state index in [0.29, 0.717) is 0 Å². The third-order valence-electron chi connectivity index (χ3n) is 0.824. The van der Waals surface area contributed by atoms with Crippen molar-refractivity contribution in [1.82, 2.24) is 0 Å². The van der Waals surface area contributed by atoms with Crippen LogP contribution >= 0.6 is 11.8 Å². The Labute approximate surface area is 64.9 Å². The van der Waals surface area contributed by atoms with Gasteiger partial charge in [0.15, 0.2) is 5.44 Å². The summed E-state index contributed by atoms with van der Waals surface area (Å²) in [6, 6.07) is 0. The van der Waals surface area contributed by atoms with Gasteiger partial charge in [0.25, 0.3) is 0 Å². The molecule has 0 aromatic rings. The lowest BCUT2D eigenvalue weighted by Gasteiger charge is -2.07. The third-order valence-corrected chi connectivity index (χ3v) is 1.58. The molecule has 3 heteroatoms. The summed E-state index contributed by atoms with van der Waals surface area (Å²) in [5.41, 5.74) is -0.259. The van der Waals surface area contributed by atoms with Crippen LogP contribution in [-0.2, 0) is 9.53 Å². The van der Waals surface area contributed by atoms with E-state index >= 15 is 0 Å². The molecule has 0 aliphatic heterocycles. The van der Waals surface area contributed by atoms with Crippen LogP contribution in [0.25, 0.3) is 0 Å². The van der Waals surface area contributed by atoms with Crippen molar-refractivity contribution in [1.29, 1.82) is 0 Å². The maximum atomic E-state index is 10.5. The summed E-state index contributed by atoms with van der Waals surface area (Å²) < 4.78 is 4.79. The van der Waals surface area contributed by atoms with Gasteiger partial charge in [-0.3, -0.25) is 0 Å². The highest BCUT2D eigenvalue weighted by Crippen LogP contribution is 2.08. The first-order valence-electron chi connectivity index (χ1n) is 2.73. The number of ether oxygens (including phenoxy) is 1. The van der Waals surface area contributed by atoms with Crippen LogP contribution < -0.4 is 0 Å². The Hall–Kier alpha value is -0.700. The summed E-state index contributed by atoms with van der Waals surface area (Å²) in [4.78, 5) is 10.5. The molecule has 0 rings (SSSR count). The third kappa shape index (κ3) is 3.35. The molecule has 0 bridgehead atoms. The molecule has 0 aromatic heterocycles. The summed E-state index contributed by atoms with van der Waals surface area (Å²) >= 11 is 1.40. The molecule has 0 aliphatic rings. The molecule has 1 unspecified atom stereocenters. The Kier molecular flexibility index (Phi) is 4.76. The first kappa shape index (κ1) is 9.30. The number of carbonyl (C=O) groups is 1. The minimum atomic E-state index is -0.417. The fourth-order valence-electron chi connectivity index (χ4n) is 0.355. The second-order valence-corrected chi connectivity index (χ2v) is 2.42. The number of thioether (sulfide) groups is 1. The van der Waals surface area contributed by atoms with Crippen molar-refractivity contribution in [2.75, 3.05) is 6.26 Å². The van der Waals surface area contributed by atoms with E-state index in [2.05, 4.69) is 13.2 Å². The van der Waals surface area contributed by atoms with E-state index < -0.39 is 5.97 Å². The number of hydrogen-bond acceptors (Lipinski definition) is 3. The van der Waals surface area contributed by atoms with Crippen LogP contribution in [0, 0.1) is 0 Å². The smallest absolute Gasteiger partial charge is 0.331 e. The van der Waals surface area contributed by atoms with E-state index in [1.165, 1.54) is 11.8 Å². The fourth-order valence-corrected chi connectivity index (χ4v) is 0.739. The molecular weight excluding hydrogens is 148 g/mol. The number of esters is 1. The van der Waals surface area contributed by atoms with Gasteiger partial charge < -0.3 is 4.74 Å². The van der Waals surface area contributed by atoms with Gasteiger partial charge in [0, 0.05) is 6.08 Å². The highest BCUT2D eigenvalue weighted by Gasteiger charge is 2.04. The van der Waals surface area contributed by atoms with Gasteiger partial charge in [0.2, 0.25) is 0 Å². The lowest BCUT2D eigenvalue weighted by atomic mass is 10.6. The summed E-state index contributed by atoms with van der Waals surface area (Å²) in [5, 5.41) is 0. The van der Waals surface area contributed by atoms with E-state index in [1.807, 2.05) is 6.26 Å². The molecule has 0 amide bonds. The summed E-state index contributed by atoms with van der Waals surface area (Å²) in [7, 11) is 0. The molecule has 0 aliphatic carbocycles. The minimum Gasteiger partial charge on any atom is -0.444 e. The van der Waals surface area contributed by atoms with Crippen molar-refractivity contribution in [3.05, 3.63) is 25.3 Å². The van der Waals surface area contributed by atoms with E-state index in [-0.39, 0.29) is 5.44 Å². The number of carbonyl (C=O) groups excluding carboxylic acids is 1. The molecule has 56 valence electrons. The molecule has 10 heavy (non-hydrogen) atoms. The zero-order valence-electron chi connectivity index (χ0n) is 5.87. The molecule has 0 fully saturated rings. The normalized spacial score (nSPS) is 11.7. The van der Waals surface area contributed by atoms with Gasteiger partial charge in [0.1, 0.15) is 0 Å². The standard InChI is InChI=1S/C7H10O2S/c1-4-6(8)9-7(5-2)10-3/h4-5,7H,1-2H2,3H3. The lowest BCUT2D eigenvalue weighted by molar-refractivity contribution is -0.137. The quantitative estimate of drug-likeness (QED) is 0.269. The number of rotatable bonds is 4. The fraction of sp³-hybridized carbons (Fsp3) is 0.286. The van der Waals surface area contributed by atoms with E-state index in [1.54, 1.807) is 6.08 Å². The van der Waals surface area contributed by atoms with Gasteiger partial charge in [-0.1, -0.05) is 13.2 Å². The second-order valence-electron chi connectivity index (χ2n) is 1.48. The summed E-state index contributed by atoms with van der Waals surface area (Å²) in [6.45, 7) is 6.75. The van der Waals surface area contributed by atoms with E-state index in [9.17, 15) is 4.79 Å². The van der Waals surface area contributed by atoms with Crippen LogP contribution in [0.1, 0.15) is 0 Å². The molecule has 1 atom stereocenters. The molecular formula is C7H10O2S. The average molecular weight is 158 g/mol. The first-order chi connectivity index (χ1) is 4.74. The van der Waals surface area contributed by atoms with Crippen molar-refractivity contribution < 1.29 is 9.53 Å². The van der Waals surface area contributed by atoms with Gasteiger partial charge in [-0.15, -0.1) is 11.8 Å². The SMILES string of the molecule is C=CC(=O)OC(C=C)SC. The average Bonchev–Trinajstić information content (AvgIpc) is 1.99. The zero-order chi connectivity index (χ0) is 7.98. The minimum absolute atomic E-state index is 0.259. The highest BCUT2D eigenvalue weighted by molar-refractivity contribution is 7.99. The van der Waals surface area contributed by atoms with Crippen LogP contribution in [-0.4, -0.2) is 17.7 Å². The van der Waals surface area contributed by atoms with Crippen LogP contribution in [0.5, 0.6) is 0 Å². The summed E-state index contributed by atoms with van der Waals surface area (Å²) in [5.74, 6) is -0.417. The van der Waals surface area contributed by atoms with Gasteiger partial charge >= 0.3 is 5.97 Å². The van der Waals surface area contributed by atoms with Crippen molar-refractivity contribution >= 4 is 17.7 Å². The second kappa shape index (κ2) is 5.11. The largest absolute Gasteiger partial charge is 0.444 e. The molecule has 0 saturated carbocycles. The van der Waals surface area contributed by atoms with Crippen molar-refractivity contribution in [2.24, 2.45) is 0 Å². The Morgan fingerprint density at radius 1 is 1.70 bits per heavy atom. The van der Waals surface area contributed by atoms with Crippen molar-refractivity contribution in [2.45, 2.75) is 5.44 Å². The maximum Gasteiger partial charge on any atom is 0.331 e. The topological polar surface area (TPSA) is 26.3 Å². The van der Waals surface area contributed by atoms with Gasteiger partial charge in [-0.25, -0.2) is 4.79 Å². The Bertz CT molecular complexity index is 143. The van der Waals surface area contributed by atoms with Crippen LogP contribution in [0.15, 0.2) is 25.3 Å². The zero-order valence-corrected chi connectivity index (χ0v) is 6.69. The molecule has 0 heterocycles. The predicted molar refractivity (Wildman–Crippen MR) is 43.8 cm³/mol. The monoisotopic (exact) mass is 158 g/mol. The molecule has 0 radical (unpaired) electrons. The van der Waals surface area contributed by atoms with Gasteiger partial charge in [0.05, 0.1) is 0 Å². The van der Waals surface area contributed by atoms with Crippen LogP contribution in [0.2, 0.25) is 0 Å². The molecule has 0 spiro atoms. The Morgan fingerprint density at radius 2 is 2.30 bits per heavy atom. The van der Waals surface area contributed by atoms with Crippen molar-refractivity contribution in [3.63, 3.8) is 0 Å². The molecule has 0 aromatic carbocycles. The van der Waals surface area contributed by atoms with Gasteiger partial charge in [-0.05, 0) is 12.3 Å². The lowest BCUT2D eigenvalue weighted by Crippen LogP contribution is -2.09. The van der Waals surface area contributed by atoms with Crippen LogP contribution in [0.3, 0.4) is 0 Å². The Balaban J connectivity index is 3.73. The predicted octanol–water partition coefficient (Wildman–Crippen LogP) is 1.59. The van der Waals surface area contributed by atoms with Crippen LogP contribution in [0.4, 0.5) is 0 Å². The van der Waals surface area contributed by atoms with E-state index in [4.69, 9.17) is 4.74 Å². The molecule has 0 N–H and O–H groups in total. The molecule has 2 nitrogen and oxygen atoms in total. The Morgan fingerprint density at radius 3 is 2.60 bits per heavy atom. The summed E-state index contributed by atoms with van der Waals surface area (Å²) in [6.07, 6.45) is 4.53.